The molecule has 0 aromatic heterocycles. The molecular weight excluding hydrogens is 236 g/mol. The number of nitrogens with zero attached hydrogens (tertiary/aromatic N) is 1. The van der Waals surface area contributed by atoms with Crippen molar-refractivity contribution in [3.8, 4) is 12.3 Å². The number of nitrogen functional groups attached to an aromatic ring is 1. The van der Waals surface area contributed by atoms with Crippen LogP contribution in [0.25, 0.3) is 0 Å². The van der Waals surface area contributed by atoms with Gasteiger partial charge in [0.15, 0.2) is 0 Å². The molecule has 0 fully saturated rings. The van der Waals surface area contributed by atoms with E-state index in [2.05, 4.69) is 5.92 Å². The molecule has 0 spiro atoms. The van der Waals surface area contributed by atoms with Gasteiger partial charge in [-0.25, -0.2) is 8.42 Å². The molecule has 0 unspecified atom stereocenters. The van der Waals surface area contributed by atoms with Crippen molar-refractivity contribution in [3.63, 3.8) is 0 Å². The fourth-order valence-electron chi connectivity index (χ4n) is 1.50. The number of sulfonamides is 1. The SMILES string of the molecule is C#CCN(C)S(=O)(=O)c1cc(N)cc(C)c1C. The van der Waals surface area contributed by atoms with Gasteiger partial charge >= 0.3 is 0 Å². The summed E-state index contributed by atoms with van der Waals surface area (Å²) in [5.41, 5.74) is 7.65. The van der Waals surface area contributed by atoms with Crippen LogP contribution in [0.1, 0.15) is 11.1 Å². The predicted molar refractivity (Wildman–Crippen MR) is 69.0 cm³/mol. The highest BCUT2D eigenvalue weighted by Crippen LogP contribution is 2.24. The Hall–Kier alpha value is -1.51. The third kappa shape index (κ3) is 2.60. The summed E-state index contributed by atoms with van der Waals surface area (Å²) in [4.78, 5) is 0.216. The minimum absolute atomic E-state index is 0.0373. The third-order valence-corrected chi connectivity index (χ3v) is 4.57. The van der Waals surface area contributed by atoms with E-state index < -0.39 is 10.0 Å². The Morgan fingerprint density at radius 3 is 2.53 bits per heavy atom. The van der Waals surface area contributed by atoms with Crippen LogP contribution >= 0.6 is 0 Å². The molecule has 92 valence electrons. The second-order valence-corrected chi connectivity index (χ2v) is 5.94. The first-order valence-electron chi connectivity index (χ1n) is 5.07. The van der Waals surface area contributed by atoms with Crippen LogP contribution in [0.3, 0.4) is 0 Å². The largest absolute Gasteiger partial charge is 0.399 e. The Labute approximate surface area is 102 Å². The number of hydrogen-bond donors (Lipinski definition) is 1. The molecule has 1 rings (SSSR count). The second kappa shape index (κ2) is 4.78. The van der Waals surface area contributed by atoms with Crippen molar-refractivity contribution in [2.75, 3.05) is 19.3 Å². The van der Waals surface area contributed by atoms with E-state index in [1.807, 2.05) is 6.92 Å². The van der Waals surface area contributed by atoms with Crippen molar-refractivity contribution in [1.82, 2.24) is 4.31 Å². The van der Waals surface area contributed by atoms with Gasteiger partial charge in [0.25, 0.3) is 0 Å². The van der Waals surface area contributed by atoms with Gasteiger partial charge in [0.2, 0.25) is 10.0 Å². The van der Waals surface area contributed by atoms with Gasteiger partial charge in [-0.2, -0.15) is 4.31 Å². The Balaban J connectivity index is 3.40. The first kappa shape index (κ1) is 13.6. The van der Waals surface area contributed by atoms with E-state index in [0.717, 1.165) is 9.87 Å². The van der Waals surface area contributed by atoms with Crippen molar-refractivity contribution >= 4 is 15.7 Å². The van der Waals surface area contributed by atoms with Crippen molar-refractivity contribution < 1.29 is 8.42 Å². The number of hydrogen-bond acceptors (Lipinski definition) is 3. The maximum atomic E-state index is 12.2. The number of terminal acetylenes is 1. The first-order valence-corrected chi connectivity index (χ1v) is 6.51. The summed E-state index contributed by atoms with van der Waals surface area (Å²) in [5.74, 6) is 2.31. The summed E-state index contributed by atoms with van der Waals surface area (Å²) in [6, 6.07) is 3.21. The fourth-order valence-corrected chi connectivity index (χ4v) is 2.92. The van der Waals surface area contributed by atoms with Crippen LogP contribution in [0.15, 0.2) is 17.0 Å². The van der Waals surface area contributed by atoms with Gasteiger partial charge in [0.1, 0.15) is 0 Å². The fraction of sp³-hybridized carbons (Fsp3) is 0.333. The van der Waals surface area contributed by atoms with E-state index in [4.69, 9.17) is 12.2 Å². The van der Waals surface area contributed by atoms with Gasteiger partial charge in [-0.3, -0.25) is 0 Å². The van der Waals surface area contributed by atoms with Crippen LogP contribution in [-0.4, -0.2) is 26.3 Å². The molecule has 0 atom stereocenters. The Bertz CT molecular complexity index is 571. The van der Waals surface area contributed by atoms with Gasteiger partial charge in [-0.05, 0) is 37.1 Å². The summed E-state index contributed by atoms with van der Waals surface area (Å²) < 4.78 is 25.6. The number of benzene rings is 1. The van der Waals surface area contributed by atoms with Crippen LogP contribution in [0.4, 0.5) is 5.69 Å². The summed E-state index contributed by atoms with van der Waals surface area (Å²) in [6.07, 6.45) is 5.12. The van der Waals surface area contributed by atoms with E-state index in [1.54, 1.807) is 13.0 Å². The average Bonchev–Trinajstić information content (AvgIpc) is 2.23. The quantitative estimate of drug-likeness (QED) is 0.648. The molecule has 0 bridgehead atoms. The lowest BCUT2D eigenvalue weighted by Gasteiger charge is -2.17. The van der Waals surface area contributed by atoms with Crippen molar-refractivity contribution in [2.45, 2.75) is 18.7 Å². The lowest BCUT2D eigenvalue weighted by Crippen LogP contribution is -2.28. The molecule has 0 amide bonds. The average molecular weight is 252 g/mol. The molecular formula is C12H16N2O2S. The molecule has 0 aliphatic carbocycles. The topological polar surface area (TPSA) is 63.4 Å². The minimum atomic E-state index is -3.57. The molecule has 0 saturated heterocycles. The first-order chi connectivity index (χ1) is 7.80. The lowest BCUT2D eigenvalue weighted by molar-refractivity contribution is 0.502. The Morgan fingerprint density at radius 2 is 2.00 bits per heavy atom. The molecule has 2 N–H and O–H groups in total. The summed E-state index contributed by atoms with van der Waals surface area (Å²) in [7, 11) is -2.11. The Morgan fingerprint density at radius 1 is 1.41 bits per heavy atom. The zero-order valence-corrected chi connectivity index (χ0v) is 11.0. The zero-order chi connectivity index (χ0) is 13.2. The molecule has 17 heavy (non-hydrogen) atoms. The van der Waals surface area contributed by atoms with Crippen molar-refractivity contribution in [1.29, 1.82) is 0 Å². The molecule has 0 aliphatic heterocycles. The highest BCUT2D eigenvalue weighted by atomic mass is 32.2. The molecule has 0 saturated carbocycles. The van der Waals surface area contributed by atoms with Crippen molar-refractivity contribution in [2.24, 2.45) is 0 Å². The van der Waals surface area contributed by atoms with Gasteiger partial charge < -0.3 is 5.73 Å². The van der Waals surface area contributed by atoms with Gasteiger partial charge in [0, 0.05) is 12.7 Å². The van der Waals surface area contributed by atoms with Crippen LogP contribution in [0.5, 0.6) is 0 Å². The number of nitrogens with two attached hydrogens (primary N) is 1. The van der Waals surface area contributed by atoms with E-state index in [1.165, 1.54) is 13.1 Å². The highest BCUT2D eigenvalue weighted by Gasteiger charge is 2.23. The number of rotatable bonds is 3. The smallest absolute Gasteiger partial charge is 0.244 e. The maximum absolute atomic E-state index is 12.2. The zero-order valence-electron chi connectivity index (χ0n) is 10.2. The maximum Gasteiger partial charge on any atom is 0.244 e. The summed E-state index contributed by atoms with van der Waals surface area (Å²) in [5, 5.41) is 0. The standard InChI is InChI=1S/C12H16N2O2S/c1-5-6-14(4)17(15,16)12-8-11(13)7-9(2)10(12)3/h1,7-8H,6,13H2,2-4H3. The molecule has 5 heteroatoms. The van der Waals surface area contributed by atoms with Gasteiger partial charge in [-0.15, -0.1) is 6.42 Å². The summed E-state index contributed by atoms with van der Waals surface area (Å²) in [6.45, 7) is 3.62. The molecule has 0 aliphatic rings. The van der Waals surface area contributed by atoms with Crippen LogP contribution in [0, 0.1) is 26.2 Å². The molecule has 4 nitrogen and oxygen atoms in total. The van der Waals surface area contributed by atoms with Gasteiger partial charge in [0.05, 0.1) is 11.4 Å². The van der Waals surface area contributed by atoms with Crippen LogP contribution in [0.2, 0.25) is 0 Å². The molecule has 1 aromatic carbocycles. The molecule has 1 aromatic rings. The van der Waals surface area contributed by atoms with Crippen LogP contribution in [-0.2, 0) is 10.0 Å². The number of anilines is 1. The van der Waals surface area contributed by atoms with E-state index >= 15 is 0 Å². The van der Waals surface area contributed by atoms with E-state index in [9.17, 15) is 8.42 Å². The lowest BCUT2D eigenvalue weighted by atomic mass is 10.1. The molecule has 0 radical (unpaired) electrons. The third-order valence-electron chi connectivity index (χ3n) is 2.64. The van der Waals surface area contributed by atoms with Crippen molar-refractivity contribution in [3.05, 3.63) is 23.3 Å². The second-order valence-electron chi connectivity index (χ2n) is 3.93. The minimum Gasteiger partial charge on any atom is -0.399 e. The van der Waals surface area contributed by atoms with E-state index in [0.29, 0.717) is 11.3 Å². The highest BCUT2D eigenvalue weighted by molar-refractivity contribution is 7.89. The Kier molecular flexibility index (Phi) is 3.81. The monoisotopic (exact) mass is 252 g/mol. The van der Waals surface area contributed by atoms with E-state index in [-0.39, 0.29) is 11.4 Å². The number of aryl methyl sites for hydroxylation is 1. The van der Waals surface area contributed by atoms with Gasteiger partial charge in [-0.1, -0.05) is 5.92 Å². The molecule has 0 heterocycles. The normalized spacial score (nSPS) is 11.5. The van der Waals surface area contributed by atoms with Crippen LogP contribution < -0.4 is 5.73 Å². The predicted octanol–water partition coefficient (Wildman–Crippen LogP) is 1.14. The summed E-state index contributed by atoms with van der Waals surface area (Å²) >= 11 is 0.